The SMILES string of the molecule is Cc1noc(-c2ccc(C(=O)NC3(c4cccc(Br)c4)CCOCC3)cc2)n1. The Morgan fingerprint density at radius 2 is 1.89 bits per heavy atom. The number of hydrogen-bond acceptors (Lipinski definition) is 5. The molecule has 2 aromatic carbocycles. The van der Waals surface area contributed by atoms with Crippen molar-refractivity contribution in [3.05, 3.63) is 70.0 Å². The van der Waals surface area contributed by atoms with Crippen LogP contribution >= 0.6 is 15.9 Å². The maximum absolute atomic E-state index is 13.0. The number of aryl methyl sites for hydroxylation is 1. The van der Waals surface area contributed by atoms with E-state index in [9.17, 15) is 4.79 Å². The minimum atomic E-state index is -0.443. The van der Waals surface area contributed by atoms with Crippen LogP contribution in [-0.4, -0.2) is 29.3 Å². The standard InChI is InChI=1S/C21H20BrN3O3/c1-14-23-20(28-25-14)16-7-5-15(6-8-16)19(26)24-21(9-11-27-12-10-21)17-3-2-4-18(22)13-17/h2-8,13H,9-12H2,1H3,(H,24,26). The Labute approximate surface area is 171 Å². The number of rotatable bonds is 4. The van der Waals surface area contributed by atoms with Gasteiger partial charge in [-0.05, 0) is 61.7 Å². The highest BCUT2D eigenvalue weighted by Gasteiger charge is 2.36. The smallest absolute Gasteiger partial charge is 0.257 e. The first-order valence-corrected chi connectivity index (χ1v) is 9.92. The second-order valence-electron chi connectivity index (χ2n) is 6.88. The van der Waals surface area contributed by atoms with E-state index >= 15 is 0 Å². The summed E-state index contributed by atoms with van der Waals surface area (Å²) in [5.74, 6) is 0.905. The first-order chi connectivity index (χ1) is 13.6. The summed E-state index contributed by atoms with van der Waals surface area (Å²) in [4.78, 5) is 17.2. The van der Waals surface area contributed by atoms with Crippen molar-refractivity contribution in [3.63, 3.8) is 0 Å². The maximum atomic E-state index is 13.0. The summed E-state index contributed by atoms with van der Waals surface area (Å²) in [5, 5.41) is 7.06. The van der Waals surface area contributed by atoms with E-state index in [1.807, 2.05) is 24.3 Å². The minimum absolute atomic E-state index is 0.116. The van der Waals surface area contributed by atoms with Gasteiger partial charge >= 0.3 is 0 Å². The maximum Gasteiger partial charge on any atom is 0.257 e. The molecule has 1 aliphatic rings. The van der Waals surface area contributed by atoms with Gasteiger partial charge in [0.2, 0.25) is 0 Å². The van der Waals surface area contributed by atoms with Crippen LogP contribution in [0.4, 0.5) is 0 Å². The molecule has 7 heteroatoms. The summed E-state index contributed by atoms with van der Waals surface area (Å²) in [6, 6.07) is 15.3. The third-order valence-electron chi connectivity index (χ3n) is 5.00. The number of carbonyl (C=O) groups excluding carboxylic acids is 1. The Kier molecular flexibility index (Phi) is 5.28. The van der Waals surface area contributed by atoms with Gasteiger partial charge in [-0.25, -0.2) is 0 Å². The number of ether oxygens (including phenoxy) is 1. The topological polar surface area (TPSA) is 77.2 Å². The van der Waals surface area contributed by atoms with Gasteiger partial charge in [0.1, 0.15) is 0 Å². The molecule has 0 radical (unpaired) electrons. The molecular weight excluding hydrogens is 422 g/mol. The highest BCUT2D eigenvalue weighted by atomic mass is 79.9. The Balaban J connectivity index is 1.58. The van der Waals surface area contributed by atoms with Crippen molar-refractivity contribution in [2.75, 3.05) is 13.2 Å². The first kappa shape index (κ1) is 18.8. The third kappa shape index (κ3) is 3.86. The minimum Gasteiger partial charge on any atom is -0.381 e. The van der Waals surface area contributed by atoms with Gasteiger partial charge in [0.15, 0.2) is 5.82 Å². The van der Waals surface area contributed by atoms with Gasteiger partial charge in [-0.3, -0.25) is 4.79 Å². The van der Waals surface area contributed by atoms with Gasteiger partial charge in [-0.15, -0.1) is 0 Å². The van der Waals surface area contributed by atoms with E-state index in [1.54, 1.807) is 19.1 Å². The summed E-state index contributed by atoms with van der Waals surface area (Å²) in [7, 11) is 0. The van der Waals surface area contributed by atoms with Crippen LogP contribution in [0.15, 0.2) is 57.5 Å². The monoisotopic (exact) mass is 441 g/mol. The van der Waals surface area contributed by atoms with E-state index < -0.39 is 5.54 Å². The zero-order chi connectivity index (χ0) is 19.6. The normalized spacial score (nSPS) is 15.9. The van der Waals surface area contributed by atoms with E-state index in [-0.39, 0.29) is 5.91 Å². The van der Waals surface area contributed by atoms with Crippen molar-refractivity contribution in [2.45, 2.75) is 25.3 Å². The summed E-state index contributed by atoms with van der Waals surface area (Å²) in [6.45, 7) is 2.99. The van der Waals surface area contributed by atoms with Gasteiger partial charge in [-0.1, -0.05) is 33.2 Å². The predicted octanol–water partition coefficient (Wildman–Crippen LogP) is 4.24. The predicted molar refractivity (Wildman–Crippen MR) is 108 cm³/mol. The molecular formula is C21H20BrN3O3. The molecule has 1 N–H and O–H groups in total. The van der Waals surface area contributed by atoms with Crippen molar-refractivity contribution >= 4 is 21.8 Å². The van der Waals surface area contributed by atoms with Gasteiger partial charge in [0, 0.05) is 28.8 Å². The van der Waals surface area contributed by atoms with Crippen LogP contribution in [0.3, 0.4) is 0 Å². The number of nitrogens with one attached hydrogen (secondary N) is 1. The van der Waals surface area contributed by atoms with Crippen LogP contribution in [0.5, 0.6) is 0 Å². The highest BCUT2D eigenvalue weighted by molar-refractivity contribution is 9.10. The lowest BCUT2D eigenvalue weighted by atomic mass is 9.82. The molecule has 1 aromatic heterocycles. The van der Waals surface area contributed by atoms with E-state index in [2.05, 4.69) is 43.5 Å². The van der Waals surface area contributed by atoms with Crippen LogP contribution in [0.2, 0.25) is 0 Å². The largest absolute Gasteiger partial charge is 0.381 e. The Bertz CT molecular complexity index is 979. The number of amides is 1. The summed E-state index contributed by atoms with van der Waals surface area (Å²) in [5.41, 5.74) is 2.00. The molecule has 0 spiro atoms. The van der Waals surface area contributed by atoms with Gasteiger partial charge in [0.05, 0.1) is 5.54 Å². The van der Waals surface area contributed by atoms with Gasteiger partial charge < -0.3 is 14.6 Å². The number of carbonyl (C=O) groups is 1. The van der Waals surface area contributed by atoms with Crippen molar-refractivity contribution < 1.29 is 14.1 Å². The molecule has 0 unspecified atom stereocenters. The lowest BCUT2D eigenvalue weighted by molar-refractivity contribution is 0.0345. The molecule has 2 heterocycles. The number of benzene rings is 2. The molecule has 1 amide bonds. The fourth-order valence-corrected chi connectivity index (χ4v) is 3.86. The van der Waals surface area contributed by atoms with E-state index in [0.717, 1.165) is 28.4 Å². The van der Waals surface area contributed by atoms with E-state index in [4.69, 9.17) is 9.26 Å². The number of aromatic nitrogens is 2. The van der Waals surface area contributed by atoms with E-state index in [0.29, 0.717) is 30.5 Å². The summed E-state index contributed by atoms with van der Waals surface area (Å²) in [6.07, 6.45) is 1.46. The molecule has 1 aliphatic heterocycles. The van der Waals surface area contributed by atoms with E-state index in [1.165, 1.54) is 0 Å². The van der Waals surface area contributed by atoms with Crippen LogP contribution in [0, 0.1) is 6.92 Å². The van der Waals surface area contributed by atoms with Gasteiger partial charge in [0.25, 0.3) is 11.8 Å². The molecule has 0 aliphatic carbocycles. The molecule has 6 nitrogen and oxygen atoms in total. The van der Waals surface area contributed by atoms with Crippen molar-refractivity contribution in [1.29, 1.82) is 0 Å². The van der Waals surface area contributed by atoms with Crippen LogP contribution in [0.1, 0.15) is 34.6 Å². The van der Waals surface area contributed by atoms with Crippen LogP contribution < -0.4 is 5.32 Å². The first-order valence-electron chi connectivity index (χ1n) is 9.13. The average molecular weight is 442 g/mol. The van der Waals surface area contributed by atoms with Gasteiger partial charge in [-0.2, -0.15) is 4.98 Å². The van der Waals surface area contributed by atoms with Crippen LogP contribution in [-0.2, 0) is 10.3 Å². The van der Waals surface area contributed by atoms with Crippen molar-refractivity contribution in [2.24, 2.45) is 0 Å². The molecule has 3 aromatic rings. The molecule has 4 rings (SSSR count). The molecule has 1 fully saturated rings. The zero-order valence-corrected chi connectivity index (χ0v) is 17.0. The zero-order valence-electron chi connectivity index (χ0n) is 15.4. The molecule has 1 saturated heterocycles. The Hall–Kier alpha value is -2.51. The highest BCUT2D eigenvalue weighted by Crippen LogP contribution is 2.34. The van der Waals surface area contributed by atoms with Crippen LogP contribution in [0.25, 0.3) is 11.5 Å². The fraction of sp³-hybridized carbons (Fsp3) is 0.286. The molecule has 0 saturated carbocycles. The Morgan fingerprint density at radius 1 is 1.14 bits per heavy atom. The summed E-state index contributed by atoms with van der Waals surface area (Å²) < 4.78 is 11.7. The lowest BCUT2D eigenvalue weighted by Crippen LogP contribution is -2.49. The number of nitrogens with zero attached hydrogens (tertiary/aromatic N) is 2. The van der Waals surface area contributed by atoms with Crippen molar-refractivity contribution in [3.8, 4) is 11.5 Å². The Morgan fingerprint density at radius 3 is 2.54 bits per heavy atom. The molecule has 0 atom stereocenters. The second kappa shape index (κ2) is 7.85. The summed E-state index contributed by atoms with van der Waals surface area (Å²) >= 11 is 3.53. The lowest BCUT2D eigenvalue weighted by Gasteiger charge is -2.38. The quantitative estimate of drug-likeness (QED) is 0.654. The fourth-order valence-electron chi connectivity index (χ4n) is 3.46. The molecule has 144 valence electrons. The second-order valence-corrected chi connectivity index (χ2v) is 7.80. The number of hydrogen-bond donors (Lipinski definition) is 1. The number of halogens is 1. The molecule has 0 bridgehead atoms. The van der Waals surface area contributed by atoms with Crippen molar-refractivity contribution in [1.82, 2.24) is 15.5 Å². The third-order valence-corrected chi connectivity index (χ3v) is 5.49. The average Bonchev–Trinajstić information content (AvgIpc) is 3.15. The molecule has 28 heavy (non-hydrogen) atoms.